The maximum atomic E-state index is 13.1. The molecule has 0 spiro atoms. The molecule has 180 valence electrons. The highest BCUT2D eigenvalue weighted by Crippen LogP contribution is 2.27. The summed E-state index contributed by atoms with van der Waals surface area (Å²) in [5, 5.41) is 13.6. The standard InChI is InChI=1S/C29H24N2O4S/c32-26(31-15-14-19-6-1-2-7-21(19)17-31)18-36-23-11-5-10-22(16-23)30-28(33)24-12-3-8-20-9-4-13-25(27(20)24)29(34)35/h1-13,16H,14-15,17-18H2,(H,30,33)(H,34,35). The van der Waals surface area contributed by atoms with Gasteiger partial charge >= 0.3 is 5.97 Å². The number of carbonyl (C=O) groups excluding carboxylic acids is 2. The minimum absolute atomic E-state index is 0.0842. The summed E-state index contributed by atoms with van der Waals surface area (Å²) in [4.78, 5) is 40.4. The van der Waals surface area contributed by atoms with E-state index < -0.39 is 5.97 Å². The average molecular weight is 497 g/mol. The Kier molecular flexibility index (Phi) is 6.73. The smallest absolute Gasteiger partial charge is 0.336 e. The van der Waals surface area contributed by atoms with Crippen LogP contribution in [0.25, 0.3) is 10.8 Å². The summed E-state index contributed by atoms with van der Waals surface area (Å²) in [7, 11) is 0. The molecule has 36 heavy (non-hydrogen) atoms. The Bertz CT molecular complexity index is 1480. The van der Waals surface area contributed by atoms with Gasteiger partial charge in [0, 0.05) is 34.6 Å². The molecule has 6 nitrogen and oxygen atoms in total. The number of amides is 2. The van der Waals surface area contributed by atoms with Gasteiger partial charge in [0.15, 0.2) is 0 Å². The lowest BCUT2D eigenvalue weighted by Gasteiger charge is -2.28. The van der Waals surface area contributed by atoms with Gasteiger partial charge in [-0.25, -0.2) is 4.79 Å². The number of nitrogens with one attached hydrogen (secondary N) is 1. The van der Waals surface area contributed by atoms with Gasteiger partial charge in [-0.15, -0.1) is 11.8 Å². The van der Waals surface area contributed by atoms with Crippen LogP contribution in [-0.2, 0) is 17.8 Å². The zero-order chi connectivity index (χ0) is 25.1. The van der Waals surface area contributed by atoms with E-state index in [1.54, 1.807) is 36.4 Å². The third kappa shape index (κ3) is 4.97. The maximum Gasteiger partial charge on any atom is 0.336 e. The number of thioether (sulfide) groups is 1. The fraction of sp³-hybridized carbons (Fsp3) is 0.138. The summed E-state index contributed by atoms with van der Waals surface area (Å²) in [5.41, 5.74) is 3.46. The van der Waals surface area contributed by atoms with Crippen molar-refractivity contribution >= 4 is 46.0 Å². The van der Waals surface area contributed by atoms with E-state index >= 15 is 0 Å². The summed E-state index contributed by atoms with van der Waals surface area (Å²) < 4.78 is 0. The van der Waals surface area contributed by atoms with Crippen molar-refractivity contribution in [3.8, 4) is 0 Å². The minimum Gasteiger partial charge on any atom is -0.478 e. The van der Waals surface area contributed by atoms with E-state index in [1.165, 1.54) is 29.0 Å². The highest BCUT2D eigenvalue weighted by molar-refractivity contribution is 8.00. The lowest BCUT2D eigenvalue weighted by atomic mass is 9.98. The Morgan fingerprint density at radius 2 is 1.58 bits per heavy atom. The van der Waals surface area contributed by atoms with E-state index in [9.17, 15) is 19.5 Å². The second-order valence-electron chi connectivity index (χ2n) is 8.62. The third-order valence-corrected chi connectivity index (χ3v) is 7.30. The van der Waals surface area contributed by atoms with Crippen molar-refractivity contribution in [3.05, 3.63) is 107 Å². The molecule has 1 heterocycles. The predicted molar refractivity (Wildman–Crippen MR) is 142 cm³/mol. The van der Waals surface area contributed by atoms with Gasteiger partial charge in [0.05, 0.1) is 11.3 Å². The normalized spacial score (nSPS) is 12.7. The molecule has 0 atom stereocenters. The van der Waals surface area contributed by atoms with Crippen LogP contribution in [0.3, 0.4) is 0 Å². The van der Waals surface area contributed by atoms with Crippen molar-refractivity contribution in [1.82, 2.24) is 4.90 Å². The Hall–Kier alpha value is -4.10. The van der Waals surface area contributed by atoms with Gasteiger partial charge in [-0.3, -0.25) is 9.59 Å². The first-order valence-corrected chi connectivity index (χ1v) is 12.6. The first-order chi connectivity index (χ1) is 17.5. The Morgan fingerprint density at radius 3 is 2.36 bits per heavy atom. The Morgan fingerprint density at radius 1 is 0.861 bits per heavy atom. The molecule has 7 heteroatoms. The maximum absolute atomic E-state index is 13.1. The van der Waals surface area contributed by atoms with Crippen LogP contribution in [0.4, 0.5) is 5.69 Å². The molecular formula is C29H24N2O4S. The zero-order valence-corrected chi connectivity index (χ0v) is 20.3. The number of hydrogen-bond acceptors (Lipinski definition) is 4. The topological polar surface area (TPSA) is 86.7 Å². The number of fused-ring (bicyclic) bond motifs is 2. The van der Waals surface area contributed by atoms with Crippen molar-refractivity contribution in [3.63, 3.8) is 0 Å². The van der Waals surface area contributed by atoms with Gasteiger partial charge in [0.2, 0.25) is 5.91 Å². The number of carboxylic acid groups (broad SMARTS) is 1. The van der Waals surface area contributed by atoms with E-state index in [-0.39, 0.29) is 17.4 Å². The number of carbonyl (C=O) groups is 3. The van der Waals surface area contributed by atoms with E-state index in [1.807, 2.05) is 35.2 Å². The summed E-state index contributed by atoms with van der Waals surface area (Å²) in [6, 6.07) is 25.6. The predicted octanol–water partition coefficient (Wildman–Crippen LogP) is 5.47. The van der Waals surface area contributed by atoms with Crippen LogP contribution in [0.2, 0.25) is 0 Å². The quantitative estimate of drug-likeness (QED) is 0.346. The van der Waals surface area contributed by atoms with E-state index in [4.69, 9.17) is 0 Å². The Balaban J connectivity index is 1.27. The van der Waals surface area contributed by atoms with E-state index in [0.29, 0.717) is 34.3 Å². The number of aromatic carboxylic acids is 1. The third-order valence-electron chi connectivity index (χ3n) is 6.32. The van der Waals surface area contributed by atoms with E-state index in [2.05, 4.69) is 17.4 Å². The average Bonchev–Trinajstić information content (AvgIpc) is 2.90. The minimum atomic E-state index is -1.08. The van der Waals surface area contributed by atoms with Gasteiger partial charge < -0.3 is 15.3 Å². The zero-order valence-electron chi connectivity index (χ0n) is 19.4. The largest absolute Gasteiger partial charge is 0.478 e. The summed E-state index contributed by atoms with van der Waals surface area (Å²) in [6.07, 6.45) is 0.867. The molecular weight excluding hydrogens is 472 g/mol. The van der Waals surface area contributed by atoms with Crippen molar-refractivity contribution < 1.29 is 19.5 Å². The van der Waals surface area contributed by atoms with Crippen molar-refractivity contribution in [2.24, 2.45) is 0 Å². The first kappa shape index (κ1) is 23.6. The van der Waals surface area contributed by atoms with Crippen LogP contribution in [0.1, 0.15) is 31.8 Å². The lowest BCUT2D eigenvalue weighted by molar-refractivity contribution is -0.129. The molecule has 1 aliphatic heterocycles. The monoisotopic (exact) mass is 496 g/mol. The van der Waals surface area contributed by atoms with Crippen LogP contribution >= 0.6 is 11.8 Å². The van der Waals surface area contributed by atoms with Gasteiger partial charge in [-0.2, -0.15) is 0 Å². The molecule has 0 aromatic heterocycles. The highest BCUT2D eigenvalue weighted by atomic mass is 32.2. The number of rotatable bonds is 6. The fourth-order valence-corrected chi connectivity index (χ4v) is 5.37. The molecule has 5 rings (SSSR count). The van der Waals surface area contributed by atoms with Crippen LogP contribution in [0.15, 0.2) is 89.8 Å². The lowest BCUT2D eigenvalue weighted by Crippen LogP contribution is -2.37. The fourth-order valence-electron chi connectivity index (χ4n) is 4.52. The van der Waals surface area contributed by atoms with Gasteiger partial charge in [-0.1, -0.05) is 54.6 Å². The van der Waals surface area contributed by atoms with Crippen LogP contribution in [0.5, 0.6) is 0 Å². The second-order valence-corrected chi connectivity index (χ2v) is 9.67. The molecule has 0 saturated heterocycles. The van der Waals surface area contributed by atoms with Gasteiger partial charge in [0.25, 0.3) is 5.91 Å². The molecule has 0 aliphatic carbocycles. The second kappa shape index (κ2) is 10.3. The van der Waals surface area contributed by atoms with Gasteiger partial charge in [-0.05, 0) is 53.3 Å². The van der Waals surface area contributed by atoms with Crippen LogP contribution < -0.4 is 5.32 Å². The summed E-state index contributed by atoms with van der Waals surface area (Å²) >= 11 is 1.43. The number of benzene rings is 4. The highest BCUT2D eigenvalue weighted by Gasteiger charge is 2.21. The Labute approximate surface area is 212 Å². The van der Waals surface area contributed by atoms with Gasteiger partial charge in [0.1, 0.15) is 0 Å². The first-order valence-electron chi connectivity index (χ1n) is 11.6. The summed E-state index contributed by atoms with van der Waals surface area (Å²) in [5.74, 6) is -1.08. The molecule has 0 unspecified atom stereocenters. The number of hydrogen-bond donors (Lipinski definition) is 2. The molecule has 0 bridgehead atoms. The number of nitrogens with zero attached hydrogens (tertiary/aromatic N) is 1. The SMILES string of the molecule is O=C(O)c1cccc2cccc(C(=O)Nc3cccc(SCC(=O)N4CCc5ccccc5C4)c3)c12. The molecule has 0 saturated carbocycles. The molecule has 4 aromatic rings. The molecule has 1 aliphatic rings. The molecule has 2 amide bonds. The molecule has 2 N–H and O–H groups in total. The molecule has 0 fully saturated rings. The van der Waals surface area contributed by atoms with Crippen LogP contribution in [0, 0.1) is 0 Å². The van der Waals surface area contributed by atoms with Crippen molar-refractivity contribution in [1.29, 1.82) is 0 Å². The summed E-state index contributed by atoms with van der Waals surface area (Å²) in [6.45, 7) is 1.35. The van der Waals surface area contributed by atoms with Crippen molar-refractivity contribution in [2.75, 3.05) is 17.6 Å². The van der Waals surface area contributed by atoms with Crippen LogP contribution in [-0.4, -0.2) is 40.1 Å². The molecule has 4 aromatic carbocycles. The number of anilines is 1. The number of carboxylic acids is 1. The van der Waals surface area contributed by atoms with E-state index in [0.717, 1.165) is 17.9 Å². The molecule has 0 radical (unpaired) electrons. The van der Waals surface area contributed by atoms with Crippen molar-refractivity contribution in [2.45, 2.75) is 17.9 Å².